The summed E-state index contributed by atoms with van der Waals surface area (Å²) in [6.07, 6.45) is 7.53. The minimum atomic E-state index is 0. The lowest BCUT2D eigenvalue weighted by Crippen LogP contribution is -2.45. The maximum atomic E-state index is 12.9. The van der Waals surface area contributed by atoms with E-state index in [1.54, 1.807) is 0 Å². The Hall–Kier alpha value is -0.0700. The van der Waals surface area contributed by atoms with E-state index in [0.29, 0.717) is 17.9 Å². The van der Waals surface area contributed by atoms with Gasteiger partial charge < -0.3 is 15.0 Å². The van der Waals surface area contributed by atoms with E-state index in [1.165, 1.54) is 32.1 Å². The SMILES string of the molecule is Cl.Cl.O=C(C1CC2CCCCC2N1)N1CCC(CN2CCOCC2)C1. The van der Waals surface area contributed by atoms with Crippen molar-refractivity contribution in [2.75, 3.05) is 45.9 Å². The first-order chi connectivity index (χ1) is 11.3. The number of carbonyl (C=O) groups is 1. The monoisotopic (exact) mass is 393 g/mol. The van der Waals surface area contributed by atoms with Gasteiger partial charge in [-0.2, -0.15) is 0 Å². The minimum Gasteiger partial charge on any atom is -0.379 e. The topological polar surface area (TPSA) is 44.8 Å². The molecule has 1 amide bonds. The second-order valence-electron chi connectivity index (χ2n) is 7.96. The van der Waals surface area contributed by atoms with E-state index in [-0.39, 0.29) is 30.9 Å². The zero-order valence-corrected chi connectivity index (χ0v) is 16.7. The van der Waals surface area contributed by atoms with Crippen LogP contribution in [0.1, 0.15) is 38.5 Å². The van der Waals surface area contributed by atoms with Crippen molar-refractivity contribution < 1.29 is 9.53 Å². The molecule has 4 aliphatic rings. The van der Waals surface area contributed by atoms with E-state index in [0.717, 1.165) is 58.3 Å². The quantitative estimate of drug-likeness (QED) is 0.795. The van der Waals surface area contributed by atoms with Crippen LogP contribution in [0.25, 0.3) is 0 Å². The molecule has 0 aromatic rings. The second-order valence-corrected chi connectivity index (χ2v) is 7.96. The summed E-state index contributed by atoms with van der Waals surface area (Å²) >= 11 is 0. The van der Waals surface area contributed by atoms with Crippen molar-refractivity contribution in [1.82, 2.24) is 15.1 Å². The molecule has 0 bridgehead atoms. The first kappa shape index (κ1) is 21.2. The van der Waals surface area contributed by atoms with Gasteiger partial charge in [0, 0.05) is 38.8 Å². The number of halogens is 2. The molecular formula is C18H33Cl2N3O2. The summed E-state index contributed by atoms with van der Waals surface area (Å²) in [5, 5.41) is 3.65. The normalized spacial score (nSPS) is 35.6. The van der Waals surface area contributed by atoms with E-state index >= 15 is 0 Å². The number of fused-ring (bicyclic) bond motifs is 1. The molecular weight excluding hydrogens is 361 g/mol. The van der Waals surface area contributed by atoms with Crippen LogP contribution in [0.3, 0.4) is 0 Å². The summed E-state index contributed by atoms with van der Waals surface area (Å²) in [5.41, 5.74) is 0. The third kappa shape index (κ3) is 5.01. The Labute approximate surface area is 164 Å². The molecule has 0 aromatic carbocycles. The fraction of sp³-hybridized carbons (Fsp3) is 0.944. The molecule has 0 aromatic heterocycles. The van der Waals surface area contributed by atoms with E-state index in [1.807, 2.05) is 0 Å². The molecule has 7 heteroatoms. The number of morpholine rings is 1. The number of amides is 1. The number of hydrogen-bond acceptors (Lipinski definition) is 4. The number of ether oxygens (including phenoxy) is 1. The summed E-state index contributed by atoms with van der Waals surface area (Å²) in [7, 11) is 0. The molecule has 4 fully saturated rings. The summed E-state index contributed by atoms with van der Waals surface area (Å²) in [5.74, 6) is 1.79. The standard InChI is InChI=1S/C18H31N3O2.2ClH/c22-18(17-11-15-3-1-2-4-16(15)19-17)21-6-5-14(13-21)12-20-7-9-23-10-8-20;;/h14-17,19H,1-13H2;2*1H. The lowest BCUT2D eigenvalue weighted by molar-refractivity contribution is -0.132. The maximum Gasteiger partial charge on any atom is 0.239 e. The molecule has 146 valence electrons. The second kappa shape index (κ2) is 9.75. The molecule has 4 rings (SSSR count). The number of rotatable bonds is 3. The third-order valence-corrected chi connectivity index (χ3v) is 6.38. The highest BCUT2D eigenvalue weighted by atomic mass is 35.5. The third-order valence-electron chi connectivity index (χ3n) is 6.38. The lowest BCUT2D eigenvalue weighted by Gasteiger charge is -2.29. The van der Waals surface area contributed by atoms with Gasteiger partial charge in [-0.1, -0.05) is 12.8 Å². The van der Waals surface area contributed by atoms with Crippen LogP contribution >= 0.6 is 24.8 Å². The first-order valence-corrected chi connectivity index (χ1v) is 9.64. The average molecular weight is 394 g/mol. The number of likely N-dealkylation sites (tertiary alicyclic amines) is 1. The molecule has 1 saturated carbocycles. The number of hydrogen-bond donors (Lipinski definition) is 1. The van der Waals surface area contributed by atoms with Crippen LogP contribution in [-0.2, 0) is 9.53 Å². The van der Waals surface area contributed by atoms with Crippen molar-refractivity contribution in [2.45, 2.75) is 50.6 Å². The van der Waals surface area contributed by atoms with Gasteiger partial charge in [0.15, 0.2) is 0 Å². The summed E-state index contributed by atoms with van der Waals surface area (Å²) in [4.78, 5) is 17.5. The van der Waals surface area contributed by atoms with E-state index < -0.39 is 0 Å². The highest BCUT2D eigenvalue weighted by Crippen LogP contribution is 2.34. The van der Waals surface area contributed by atoms with Crippen LogP contribution < -0.4 is 5.32 Å². The van der Waals surface area contributed by atoms with Crippen molar-refractivity contribution in [3.8, 4) is 0 Å². The van der Waals surface area contributed by atoms with Crippen LogP contribution in [0.15, 0.2) is 0 Å². The van der Waals surface area contributed by atoms with Crippen molar-refractivity contribution in [1.29, 1.82) is 0 Å². The Kier molecular flexibility index (Phi) is 8.28. The maximum absolute atomic E-state index is 12.9. The van der Waals surface area contributed by atoms with Crippen molar-refractivity contribution >= 4 is 30.7 Å². The minimum absolute atomic E-state index is 0. The smallest absolute Gasteiger partial charge is 0.239 e. The van der Waals surface area contributed by atoms with Gasteiger partial charge >= 0.3 is 0 Å². The van der Waals surface area contributed by atoms with E-state index in [2.05, 4.69) is 15.1 Å². The predicted molar refractivity (Wildman–Crippen MR) is 104 cm³/mol. The van der Waals surface area contributed by atoms with Crippen molar-refractivity contribution in [3.05, 3.63) is 0 Å². The van der Waals surface area contributed by atoms with Gasteiger partial charge in [-0.25, -0.2) is 0 Å². The fourth-order valence-corrected chi connectivity index (χ4v) is 5.06. The van der Waals surface area contributed by atoms with Gasteiger partial charge in [-0.05, 0) is 37.5 Å². The van der Waals surface area contributed by atoms with Crippen LogP contribution in [0, 0.1) is 11.8 Å². The molecule has 5 nitrogen and oxygen atoms in total. The van der Waals surface area contributed by atoms with Crippen LogP contribution in [-0.4, -0.2) is 73.7 Å². The zero-order chi connectivity index (χ0) is 15.6. The molecule has 1 aliphatic carbocycles. The molecule has 1 N–H and O–H groups in total. The summed E-state index contributed by atoms with van der Waals surface area (Å²) < 4.78 is 5.42. The summed E-state index contributed by atoms with van der Waals surface area (Å²) in [6, 6.07) is 0.717. The molecule has 4 unspecified atom stereocenters. The van der Waals surface area contributed by atoms with Crippen molar-refractivity contribution in [2.24, 2.45) is 11.8 Å². The molecule has 3 saturated heterocycles. The predicted octanol–water partition coefficient (Wildman–Crippen LogP) is 1.93. The van der Waals surface area contributed by atoms with Gasteiger partial charge in [-0.3, -0.25) is 9.69 Å². The lowest BCUT2D eigenvalue weighted by atomic mass is 9.85. The molecule has 3 aliphatic heterocycles. The summed E-state index contributed by atoms with van der Waals surface area (Å²) in [6.45, 7) is 6.89. The molecule has 0 spiro atoms. The average Bonchev–Trinajstić information content (AvgIpc) is 3.21. The highest BCUT2D eigenvalue weighted by Gasteiger charge is 2.41. The Morgan fingerprint density at radius 2 is 1.80 bits per heavy atom. The number of nitrogens with zero attached hydrogens (tertiary/aromatic N) is 2. The van der Waals surface area contributed by atoms with E-state index in [9.17, 15) is 4.79 Å². The molecule has 0 radical (unpaired) electrons. The van der Waals surface area contributed by atoms with Crippen LogP contribution in [0.5, 0.6) is 0 Å². The number of carbonyl (C=O) groups excluding carboxylic acids is 1. The zero-order valence-electron chi connectivity index (χ0n) is 15.0. The van der Waals surface area contributed by atoms with Gasteiger partial charge in [0.2, 0.25) is 5.91 Å². The largest absolute Gasteiger partial charge is 0.379 e. The van der Waals surface area contributed by atoms with Crippen molar-refractivity contribution in [3.63, 3.8) is 0 Å². The molecule has 4 atom stereocenters. The Balaban J connectivity index is 0.00000113. The Morgan fingerprint density at radius 3 is 2.56 bits per heavy atom. The molecule has 3 heterocycles. The fourth-order valence-electron chi connectivity index (χ4n) is 5.06. The number of nitrogens with one attached hydrogen (secondary N) is 1. The molecule has 25 heavy (non-hydrogen) atoms. The van der Waals surface area contributed by atoms with Crippen LogP contribution in [0.2, 0.25) is 0 Å². The highest BCUT2D eigenvalue weighted by molar-refractivity contribution is 5.85. The Bertz CT molecular complexity index is 421. The van der Waals surface area contributed by atoms with E-state index in [4.69, 9.17) is 4.74 Å². The Morgan fingerprint density at radius 1 is 1.04 bits per heavy atom. The first-order valence-electron chi connectivity index (χ1n) is 9.64. The van der Waals surface area contributed by atoms with Gasteiger partial charge in [0.25, 0.3) is 0 Å². The van der Waals surface area contributed by atoms with Gasteiger partial charge in [0.05, 0.1) is 19.3 Å². The van der Waals surface area contributed by atoms with Gasteiger partial charge in [0.1, 0.15) is 0 Å². The van der Waals surface area contributed by atoms with Crippen LogP contribution in [0.4, 0.5) is 0 Å². The van der Waals surface area contributed by atoms with Gasteiger partial charge in [-0.15, -0.1) is 24.8 Å².